The van der Waals surface area contributed by atoms with Gasteiger partial charge in [0.15, 0.2) is 5.13 Å². The molecule has 0 bridgehead atoms. The Kier molecular flexibility index (Phi) is 6.69. The van der Waals surface area contributed by atoms with Crippen molar-refractivity contribution < 1.29 is 9.53 Å². The second-order valence-corrected chi connectivity index (χ2v) is 9.22. The van der Waals surface area contributed by atoms with Gasteiger partial charge in [0, 0.05) is 5.56 Å². The largest absolute Gasteiger partial charge is 0.494 e. The Bertz CT molecular complexity index is 1300. The van der Waals surface area contributed by atoms with Crippen LogP contribution in [0.25, 0.3) is 21.5 Å². The molecule has 0 aliphatic rings. The maximum Gasteiger partial charge on any atom is 0.239 e. The van der Waals surface area contributed by atoms with E-state index in [1.54, 1.807) is 13.0 Å². The summed E-state index contributed by atoms with van der Waals surface area (Å²) < 4.78 is 6.47. The van der Waals surface area contributed by atoms with Crippen LogP contribution in [0.15, 0.2) is 65.7 Å². The highest BCUT2D eigenvalue weighted by molar-refractivity contribution is 8.00. The molecule has 4 aromatic rings. The van der Waals surface area contributed by atoms with Crippen LogP contribution in [0.1, 0.15) is 19.4 Å². The van der Waals surface area contributed by atoms with Crippen molar-refractivity contribution in [3.05, 3.63) is 66.2 Å². The fourth-order valence-corrected chi connectivity index (χ4v) is 4.82. The minimum Gasteiger partial charge on any atom is -0.494 e. The maximum atomic E-state index is 12.8. The van der Waals surface area contributed by atoms with Gasteiger partial charge in [-0.15, -0.1) is 0 Å². The van der Waals surface area contributed by atoms with Gasteiger partial charge in [0.1, 0.15) is 16.8 Å². The molecule has 1 atom stereocenters. The van der Waals surface area contributed by atoms with Crippen molar-refractivity contribution >= 4 is 44.4 Å². The van der Waals surface area contributed by atoms with Gasteiger partial charge in [-0.3, -0.25) is 4.79 Å². The maximum absolute atomic E-state index is 12.8. The molecule has 0 saturated heterocycles. The molecule has 4 rings (SSSR count). The molecule has 0 saturated carbocycles. The number of amides is 1. The molecule has 1 N–H and O–H groups in total. The van der Waals surface area contributed by atoms with E-state index in [-0.39, 0.29) is 5.91 Å². The minimum atomic E-state index is -0.466. The van der Waals surface area contributed by atoms with Crippen molar-refractivity contribution in [2.24, 2.45) is 0 Å². The van der Waals surface area contributed by atoms with E-state index in [0.29, 0.717) is 22.3 Å². The van der Waals surface area contributed by atoms with Crippen LogP contribution in [0.5, 0.6) is 5.75 Å². The number of thioether (sulfide) groups is 1. The highest BCUT2D eigenvalue weighted by atomic mass is 32.2. The number of hydrogen-bond donors (Lipinski definition) is 1. The van der Waals surface area contributed by atoms with Crippen molar-refractivity contribution in [2.45, 2.75) is 24.1 Å². The van der Waals surface area contributed by atoms with Crippen molar-refractivity contribution in [2.75, 3.05) is 11.9 Å². The van der Waals surface area contributed by atoms with Crippen LogP contribution in [0.3, 0.4) is 0 Å². The molecular formula is C24H20N4O2S2. The molecule has 0 spiro atoms. The van der Waals surface area contributed by atoms with E-state index in [4.69, 9.17) is 4.74 Å². The number of fused-ring (bicyclic) bond motifs is 1. The zero-order chi connectivity index (χ0) is 22.5. The van der Waals surface area contributed by atoms with E-state index in [1.807, 2.05) is 61.5 Å². The number of benzene rings is 2. The Labute approximate surface area is 194 Å². The monoisotopic (exact) mass is 460 g/mol. The summed E-state index contributed by atoms with van der Waals surface area (Å²) >= 11 is 2.65. The van der Waals surface area contributed by atoms with Gasteiger partial charge in [-0.05, 0) is 44.2 Å². The molecule has 1 unspecified atom stereocenters. The summed E-state index contributed by atoms with van der Waals surface area (Å²) in [5, 5.41) is 13.0. The SMILES string of the molecule is CCOc1ccc2nc(NC(=O)C(C)Sc3nc(-c4ccccc4)ccc3C#N)sc2c1. The summed E-state index contributed by atoms with van der Waals surface area (Å²) in [7, 11) is 0. The number of thiazole rings is 1. The number of aromatic nitrogens is 2. The van der Waals surface area contributed by atoms with Gasteiger partial charge in [0.2, 0.25) is 5.91 Å². The van der Waals surface area contributed by atoms with Gasteiger partial charge in [0.05, 0.1) is 33.3 Å². The molecular weight excluding hydrogens is 440 g/mol. The van der Waals surface area contributed by atoms with Crippen molar-refractivity contribution in [1.29, 1.82) is 5.26 Å². The molecule has 8 heteroatoms. The summed E-state index contributed by atoms with van der Waals surface area (Å²) in [5.74, 6) is 0.578. The number of ether oxygens (including phenoxy) is 1. The fraction of sp³-hybridized carbons (Fsp3) is 0.167. The predicted molar refractivity (Wildman–Crippen MR) is 129 cm³/mol. The normalized spacial score (nSPS) is 11.7. The number of carbonyl (C=O) groups excluding carboxylic acids is 1. The fourth-order valence-electron chi connectivity index (χ4n) is 3.03. The smallest absolute Gasteiger partial charge is 0.239 e. The van der Waals surface area contributed by atoms with Crippen LogP contribution < -0.4 is 10.1 Å². The summed E-state index contributed by atoms with van der Waals surface area (Å²) in [5.41, 5.74) is 2.96. The Morgan fingerprint density at radius 1 is 1.19 bits per heavy atom. The first-order chi connectivity index (χ1) is 15.6. The average molecular weight is 461 g/mol. The van der Waals surface area contributed by atoms with E-state index in [9.17, 15) is 10.1 Å². The predicted octanol–water partition coefficient (Wildman–Crippen LogP) is 5.75. The molecule has 2 aromatic carbocycles. The summed E-state index contributed by atoms with van der Waals surface area (Å²) in [4.78, 5) is 21.9. The molecule has 2 aromatic heterocycles. The van der Waals surface area contributed by atoms with Crippen LogP contribution in [0.2, 0.25) is 0 Å². The Balaban J connectivity index is 1.50. The molecule has 6 nitrogen and oxygen atoms in total. The number of nitriles is 1. The molecule has 32 heavy (non-hydrogen) atoms. The third-order valence-corrected chi connectivity index (χ3v) is 6.64. The number of rotatable bonds is 7. The number of nitrogens with one attached hydrogen (secondary N) is 1. The number of hydrogen-bond acceptors (Lipinski definition) is 7. The van der Waals surface area contributed by atoms with Gasteiger partial charge >= 0.3 is 0 Å². The number of pyridine rings is 1. The van der Waals surface area contributed by atoms with Crippen LogP contribution in [-0.2, 0) is 4.79 Å². The molecule has 0 radical (unpaired) electrons. The quantitative estimate of drug-likeness (QED) is 0.353. The zero-order valence-corrected chi connectivity index (χ0v) is 19.2. The van der Waals surface area contributed by atoms with Crippen LogP contribution in [0, 0.1) is 11.3 Å². The van der Waals surface area contributed by atoms with Crippen LogP contribution in [-0.4, -0.2) is 27.7 Å². The van der Waals surface area contributed by atoms with Crippen LogP contribution >= 0.6 is 23.1 Å². The number of carbonyl (C=O) groups is 1. The van der Waals surface area contributed by atoms with E-state index < -0.39 is 5.25 Å². The third kappa shape index (κ3) is 4.90. The third-order valence-electron chi connectivity index (χ3n) is 4.61. The first-order valence-corrected chi connectivity index (χ1v) is 11.7. The second-order valence-electron chi connectivity index (χ2n) is 6.86. The second kappa shape index (κ2) is 9.81. The Morgan fingerprint density at radius 2 is 2.00 bits per heavy atom. The van der Waals surface area contributed by atoms with Crippen molar-refractivity contribution in [1.82, 2.24) is 9.97 Å². The molecule has 2 heterocycles. The standard InChI is InChI=1S/C24H20N4O2S2/c1-3-30-18-10-12-20-21(13-18)32-24(27-20)28-22(29)15(2)31-23-17(14-25)9-11-19(26-23)16-7-5-4-6-8-16/h4-13,15H,3H2,1-2H3,(H,27,28,29). The van der Waals surface area contributed by atoms with E-state index in [1.165, 1.54) is 23.1 Å². The molecule has 1 amide bonds. The van der Waals surface area contributed by atoms with E-state index in [0.717, 1.165) is 27.2 Å². The van der Waals surface area contributed by atoms with Gasteiger partial charge in [-0.2, -0.15) is 5.26 Å². The highest BCUT2D eigenvalue weighted by Gasteiger charge is 2.19. The average Bonchev–Trinajstić information content (AvgIpc) is 3.21. The minimum absolute atomic E-state index is 0.199. The molecule has 0 fully saturated rings. The Hall–Kier alpha value is -3.41. The summed E-state index contributed by atoms with van der Waals surface area (Å²) in [6.45, 7) is 4.31. The molecule has 0 aliphatic carbocycles. The van der Waals surface area contributed by atoms with Crippen molar-refractivity contribution in [3.8, 4) is 23.1 Å². The number of nitrogens with zero attached hydrogens (tertiary/aromatic N) is 3. The van der Waals surface area contributed by atoms with Gasteiger partial charge in [-0.25, -0.2) is 9.97 Å². The van der Waals surface area contributed by atoms with Gasteiger partial charge < -0.3 is 10.1 Å². The topological polar surface area (TPSA) is 87.9 Å². The lowest BCUT2D eigenvalue weighted by Crippen LogP contribution is -2.22. The summed E-state index contributed by atoms with van der Waals surface area (Å²) in [6.07, 6.45) is 0. The van der Waals surface area contributed by atoms with Crippen LogP contribution in [0.4, 0.5) is 5.13 Å². The lowest BCUT2D eigenvalue weighted by Gasteiger charge is -2.12. The first kappa shape index (κ1) is 21.8. The van der Waals surface area contributed by atoms with Gasteiger partial charge in [0.25, 0.3) is 0 Å². The molecule has 0 aliphatic heterocycles. The first-order valence-electron chi connectivity index (χ1n) is 10.0. The van der Waals surface area contributed by atoms with Gasteiger partial charge in [-0.1, -0.05) is 53.4 Å². The lowest BCUT2D eigenvalue weighted by atomic mass is 10.1. The molecule has 160 valence electrons. The van der Waals surface area contributed by atoms with E-state index >= 15 is 0 Å². The summed E-state index contributed by atoms with van der Waals surface area (Å²) in [6, 6.07) is 21.1. The lowest BCUT2D eigenvalue weighted by molar-refractivity contribution is -0.115. The van der Waals surface area contributed by atoms with E-state index in [2.05, 4.69) is 21.4 Å². The zero-order valence-electron chi connectivity index (χ0n) is 17.5. The number of anilines is 1. The van der Waals surface area contributed by atoms with Crippen molar-refractivity contribution in [3.63, 3.8) is 0 Å². The Morgan fingerprint density at radius 3 is 2.75 bits per heavy atom. The highest BCUT2D eigenvalue weighted by Crippen LogP contribution is 2.31.